The van der Waals surface area contributed by atoms with Gasteiger partial charge in [0.25, 0.3) is 5.91 Å². The number of aryl methyl sites for hydroxylation is 1. The molecule has 7 heteroatoms. The van der Waals surface area contributed by atoms with Gasteiger partial charge in [0.15, 0.2) is 5.69 Å². The van der Waals surface area contributed by atoms with Crippen LogP contribution in [-0.2, 0) is 6.54 Å². The number of carbonyl (C=O) groups excluding carboxylic acids is 1. The number of rotatable bonds is 7. The molecule has 3 aromatic rings. The van der Waals surface area contributed by atoms with Gasteiger partial charge in [-0.2, -0.15) is 0 Å². The van der Waals surface area contributed by atoms with Crippen LogP contribution in [-0.4, -0.2) is 30.3 Å². The Bertz CT molecular complexity index is 941. The number of benzene rings is 2. The van der Waals surface area contributed by atoms with Crippen LogP contribution >= 0.6 is 0 Å². The molecule has 1 heterocycles. The fourth-order valence-electron chi connectivity index (χ4n) is 2.53. The summed E-state index contributed by atoms with van der Waals surface area (Å²) in [7, 11) is 3.09. The maximum atomic E-state index is 12.4. The molecule has 2 aromatic carbocycles. The first-order valence-corrected chi connectivity index (χ1v) is 8.75. The van der Waals surface area contributed by atoms with Crippen LogP contribution in [0.4, 0.5) is 11.5 Å². The molecule has 0 atom stereocenters. The highest BCUT2D eigenvalue weighted by Crippen LogP contribution is 2.29. The Morgan fingerprint density at radius 3 is 2.39 bits per heavy atom. The first-order valence-electron chi connectivity index (χ1n) is 8.75. The van der Waals surface area contributed by atoms with Crippen LogP contribution in [0.25, 0.3) is 0 Å². The average Bonchev–Trinajstić information content (AvgIpc) is 2.74. The van der Waals surface area contributed by atoms with Crippen LogP contribution in [0.3, 0.4) is 0 Å². The second kappa shape index (κ2) is 8.85. The van der Waals surface area contributed by atoms with Crippen LogP contribution in [0, 0.1) is 6.92 Å². The third kappa shape index (κ3) is 4.76. The lowest BCUT2D eigenvalue weighted by molar-refractivity contribution is 0.102. The van der Waals surface area contributed by atoms with Crippen molar-refractivity contribution in [3.8, 4) is 11.5 Å². The number of anilines is 2. The maximum Gasteiger partial charge on any atom is 0.276 e. The number of aromatic nitrogens is 2. The topological polar surface area (TPSA) is 85.4 Å². The van der Waals surface area contributed by atoms with Gasteiger partial charge >= 0.3 is 0 Å². The summed E-state index contributed by atoms with van der Waals surface area (Å²) < 4.78 is 10.4. The molecule has 1 aromatic heterocycles. The minimum absolute atomic E-state index is 0.207. The number of hydrogen-bond donors (Lipinski definition) is 2. The molecule has 3 rings (SSSR count). The largest absolute Gasteiger partial charge is 0.497 e. The first-order chi connectivity index (χ1) is 13.6. The summed E-state index contributed by atoms with van der Waals surface area (Å²) >= 11 is 0. The zero-order valence-electron chi connectivity index (χ0n) is 16.0. The molecular formula is C21H22N4O3. The number of nitrogens with zero attached hydrogens (tertiary/aromatic N) is 2. The third-order valence-electron chi connectivity index (χ3n) is 4.15. The molecule has 0 aliphatic rings. The van der Waals surface area contributed by atoms with Crippen molar-refractivity contribution < 1.29 is 14.3 Å². The minimum Gasteiger partial charge on any atom is -0.497 e. The highest BCUT2D eigenvalue weighted by molar-refractivity contribution is 6.03. The lowest BCUT2D eigenvalue weighted by Gasteiger charge is -2.11. The van der Waals surface area contributed by atoms with E-state index in [1.54, 1.807) is 37.4 Å². The average molecular weight is 378 g/mol. The van der Waals surface area contributed by atoms with E-state index >= 15 is 0 Å². The maximum absolute atomic E-state index is 12.4. The van der Waals surface area contributed by atoms with Crippen molar-refractivity contribution in [3.05, 3.63) is 71.4 Å². The van der Waals surface area contributed by atoms with Crippen molar-refractivity contribution in [2.75, 3.05) is 24.9 Å². The number of nitrogens with one attached hydrogen (secondary N) is 2. The second-order valence-electron chi connectivity index (χ2n) is 6.16. The van der Waals surface area contributed by atoms with Crippen LogP contribution < -0.4 is 20.1 Å². The zero-order valence-corrected chi connectivity index (χ0v) is 16.0. The van der Waals surface area contributed by atoms with Gasteiger partial charge in [-0.15, -0.1) is 10.2 Å². The number of hydrogen-bond acceptors (Lipinski definition) is 6. The molecular weight excluding hydrogens is 356 g/mol. The van der Waals surface area contributed by atoms with Gasteiger partial charge in [0.05, 0.1) is 19.9 Å². The van der Waals surface area contributed by atoms with E-state index in [2.05, 4.69) is 45.1 Å². The van der Waals surface area contributed by atoms with E-state index in [1.165, 1.54) is 12.7 Å². The number of amides is 1. The van der Waals surface area contributed by atoms with Gasteiger partial charge in [-0.05, 0) is 36.8 Å². The van der Waals surface area contributed by atoms with Crippen molar-refractivity contribution >= 4 is 17.4 Å². The molecule has 0 saturated carbocycles. The van der Waals surface area contributed by atoms with Crippen LogP contribution in [0.2, 0.25) is 0 Å². The smallest absolute Gasteiger partial charge is 0.276 e. The Hall–Kier alpha value is -3.61. The van der Waals surface area contributed by atoms with E-state index in [-0.39, 0.29) is 11.6 Å². The number of methoxy groups -OCH3 is 2. The molecule has 0 unspecified atom stereocenters. The molecule has 28 heavy (non-hydrogen) atoms. The molecule has 7 nitrogen and oxygen atoms in total. The lowest BCUT2D eigenvalue weighted by Crippen LogP contribution is -2.15. The van der Waals surface area contributed by atoms with Gasteiger partial charge in [-0.25, -0.2) is 0 Å². The van der Waals surface area contributed by atoms with Crippen molar-refractivity contribution in [3.63, 3.8) is 0 Å². The van der Waals surface area contributed by atoms with Crippen LogP contribution in [0.15, 0.2) is 54.6 Å². The van der Waals surface area contributed by atoms with E-state index in [0.29, 0.717) is 29.5 Å². The zero-order chi connectivity index (χ0) is 19.9. The minimum atomic E-state index is -0.374. The molecule has 1 amide bonds. The SMILES string of the molecule is COc1ccc(NC(=O)c2ccc(NCc3ccc(C)cc3)nn2)c(OC)c1. The predicted octanol–water partition coefficient (Wildman–Crippen LogP) is 3.67. The van der Waals surface area contributed by atoms with Gasteiger partial charge in [0.2, 0.25) is 0 Å². The summed E-state index contributed by atoms with van der Waals surface area (Å²) in [5, 5.41) is 14.0. The van der Waals surface area contributed by atoms with E-state index in [9.17, 15) is 4.79 Å². The van der Waals surface area contributed by atoms with Crippen molar-refractivity contribution in [1.82, 2.24) is 10.2 Å². The standard InChI is InChI=1S/C21H22N4O3/c1-14-4-6-15(7-5-14)13-22-20-11-10-18(24-25-20)21(26)23-17-9-8-16(27-2)12-19(17)28-3/h4-12H,13H2,1-3H3,(H,22,25)(H,23,26). The van der Waals surface area contributed by atoms with Crippen molar-refractivity contribution in [2.24, 2.45) is 0 Å². The van der Waals surface area contributed by atoms with Crippen molar-refractivity contribution in [2.45, 2.75) is 13.5 Å². The number of carbonyl (C=O) groups is 1. The molecule has 0 saturated heterocycles. The normalized spacial score (nSPS) is 10.2. The van der Waals surface area contributed by atoms with Gasteiger partial charge in [0.1, 0.15) is 17.3 Å². The molecule has 0 bridgehead atoms. The summed E-state index contributed by atoms with van der Waals surface area (Å²) in [5.41, 5.74) is 3.09. The van der Waals surface area contributed by atoms with Crippen LogP contribution in [0.1, 0.15) is 21.6 Å². The summed E-state index contributed by atoms with van der Waals surface area (Å²) in [4.78, 5) is 12.4. The Labute approximate surface area is 163 Å². The third-order valence-corrected chi connectivity index (χ3v) is 4.15. The monoisotopic (exact) mass is 378 g/mol. The highest BCUT2D eigenvalue weighted by atomic mass is 16.5. The van der Waals surface area contributed by atoms with E-state index in [1.807, 2.05) is 6.92 Å². The Morgan fingerprint density at radius 1 is 0.964 bits per heavy atom. The number of ether oxygens (including phenoxy) is 2. The highest BCUT2D eigenvalue weighted by Gasteiger charge is 2.12. The Kier molecular flexibility index (Phi) is 6.06. The van der Waals surface area contributed by atoms with E-state index in [0.717, 1.165) is 5.56 Å². The lowest BCUT2D eigenvalue weighted by atomic mass is 10.1. The van der Waals surface area contributed by atoms with Gasteiger partial charge in [-0.3, -0.25) is 4.79 Å². The molecule has 0 aliphatic heterocycles. The van der Waals surface area contributed by atoms with E-state index < -0.39 is 0 Å². The molecule has 2 N–H and O–H groups in total. The Balaban J connectivity index is 1.62. The molecule has 144 valence electrons. The summed E-state index contributed by atoms with van der Waals surface area (Å²) in [6.45, 7) is 2.68. The molecule has 0 spiro atoms. The fourth-order valence-corrected chi connectivity index (χ4v) is 2.53. The summed E-state index contributed by atoms with van der Waals surface area (Å²) in [6, 6.07) is 16.7. The second-order valence-corrected chi connectivity index (χ2v) is 6.16. The predicted molar refractivity (Wildman–Crippen MR) is 108 cm³/mol. The Morgan fingerprint density at radius 2 is 1.75 bits per heavy atom. The van der Waals surface area contributed by atoms with Crippen LogP contribution in [0.5, 0.6) is 11.5 Å². The quantitative estimate of drug-likeness (QED) is 0.653. The van der Waals surface area contributed by atoms with E-state index in [4.69, 9.17) is 9.47 Å². The molecule has 0 radical (unpaired) electrons. The van der Waals surface area contributed by atoms with Gasteiger partial charge in [-0.1, -0.05) is 29.8 Å². The molecule has 0 fully saturated rings. The van der Waals surface area contributed by atoms with Crippen molar-refractivity contribution in [1.29, 1.82) is 0 Å². The first kappa shape index (κ1) is 19.2. The van der Waals surface area contributed by atoms with Gasteiger partial charge < -0.3 is 20.1 Å². The summed E-state index contributed by atoms with van der Waals surface area (Å²) in [5.74, 6) is 1.36. The summed E-state index contributed by atoms with van der Waals surface area (Å²) in [6.07, 6.45) is 0. The molecule has 0 aliphatic carbocycles. The van der Waals surface area contributed by atoms with Gasteiger partial charge in [0, 0.05) is 12.6 Å². The fraction of sp³-hybridized carbons (Fsp3) is 0.190.